The van der Waals surface area contributed by atoms with E-state index >= 15 is 0 Å². The van der Waals surface area contributed by atoms with Gasteiger partial charge in [-0.1, -0.05) is 24.3 Å². The summed E-state index contributed by atoms with van der Waals surface area (Å²) in [7, 11) is 0. The van der Waals surface area contributed by atoms with Crippen molar-refractivity contribution in [1.82, 2.24) is 0 Å². The predicted octanol–water partition coefficient (Wildman–Crippen LogP) is 2.95. The third-order valence-electron chi connectivity index (χ3n) is 3.89. The van der Waals surface area contributed by atoms with Gasteiger partial charge in [-0.25, -0.2) is 4.39 Å². The Hall–Kier alpha value is -2.36. The van der Waals surface area contributed by atoms with Crippen LogP contribution in [-0.2, 0) is 17.6 Å². The van der Waals surface area contributed by atoms with Gasteiger partial charge >= 0.3 is 0 Å². The highest BCUT2D eigenvalue weighted by Crippen LogP contribution is 2.35. The van der Waals surface area contributed by atoms with Crippen molar-refractivity contribution in [3.05, 3.63) is 65.0 Å². The maximum atomic E-state index is 13.7. The lowest BCUT2D eigenvalue weighted by molar-refractivity contribution is -0.117. The molecule has 4 heteroatoms. The SMILES string of the molecule is NC(=O)Cc1ccc(NC2CCc3c(F)cccc32)cc1. The highest BCUT2D eigenvalue weighted by Gasteiger charge is 2.24. The average Bonchev–Trinajstić information content (AvgIpc) is 2.85. The van der Waals surface area contributed by atoms with Crippen LogP contribution in [-0.4, -0.2) is 5.91 Å². The zero-order valence-electron chi connectivity index (χ0n) is 11.6. The van der Waals surface area contributed by atoms with E-state index in [2.05, 4.69) is 5.32 Å². The van der Waals surface area contributed by atoms with Gasteiger partial charge in [0.15, 0.2) is 0 Å². The Balaban J connectivity index is 1.74. The van der Waals surface area contributed by atoms with Gasteiger partial charge in [-0.15, -0.1) is 0 Å². The first-order chi connectivity index (χ1) is 10.1. The van der Waals surface area contributed by atoms with Crippen LogP contribution >= 0.6 is 0 Å². The Kier molecular flexibility index (Phi) is 3.60. The van der Waals surface area contributed by atoms with Gasteiger partial charge < -0.3 is 11.1 Å². The van der Waals surface area contributed by atoms with E-state index in [-0.39, 0.29) is 24.2 Å². The molecule has 2 aromatic carbocycles. The highest BCUT2D eigenvalue weighted by atomic mass is 19.1. The van der Waals surface area contributed by atoms with E-state index in [0.29, 0.717) is 0 Å². The van der Waals surface area contributed by atoms with Gasteiger partial charge in [0.25, 0.3) is 0 Å². The van der Waals surface area contributed by atoms with Crippen LogP contribution < -0.4 is 11.1 Å². The smallest absolute Gasteiger partial charge is 0.221 e. The van der Waals surface area contributed by atoms with Crippen LogP contribution in [0.5, 0.6) is 0 Å². The largest absolute Gasteiger partial charge is 0.378 e. The van der Waals surface area contributed by atoms with E-state index in [1.807, 2.05) is 30.3 Å². The van der Waals surface area contributed by atoms with Crippen molar-refractivity contribution in [2.45, 2.75) is 25.3 Å². The molecule has 3 nitrogen and oxygen atoms in total. The summed E-state index contributed by atoms with van der Waals surface area (Å²) < 4.78 is 13.7. The van der Waals surface area contributed by atoms with Crippen molar-refractivity contribution in [2.24, 2.45) is 5.73 Å². The molecule has 0 saturated carbocycles. The molecule has 0 heterocycles. The summed E-state index contributed by atoms with van der Waals surface area (Å²) in [4.78, 5) is 10.9. The lowest BCUT2D eigenvalue weighted by atomic mass is 10.1. The molecule has 2 aromatic rings. The van der Waals surface area contributed by atoms with Crippen LogP contribution in [0.15, 0.2) is 42.5 Å². The number of primary amides is 1. The highest BCUT2D eigenvalue weighted by molar-refractivity contribution is 5.76. The Labute approximate surface area is 123 Å². The predicted molar refractivity (Wildman–Crippen MR) is 80.4 cm³/mol. The molecule has 3 rings (SSSR count). The standard InChI is InChI=1S/C17H17FN2O/c18-15-3-1-2-14-13(15)8-9-16(14)20-12-6-4-11(5-7-12)10-17(19)21/h1-7,16,20H,8-10H2,(H2,19,21). The third kappa shape index (κ3) is 2.89. The van der Waals surface area contributed by atoms with E-state index < -0.39 is 0 Å². The fourth-order valence-electron chi connectivity index (χ4n) is 2.88. The number of benzene rings is 2. The van der Waals surface area contributed by atoms with Crippen molar-refractivity contribution < 1.29 is 9.18 Å². The number of nitrogens with two attached hydrogens (primary N) is 1. The minimum atomic E-state index is -0.337. The number of carbonyl (C=O) groups is 1. The quantitative estimate of drug-likeness (QED) is 0.907. The number of carbonyl (C=O) groups excluding carboxylic acids is 1. The van der Waals surface area contributed by atoms with Gasteiger partial charge in [0, 0.05) is 5.69 Å². The van der Waals surface area contributed by atoms with Crippen LogP contribution in [0.2, 0.25) is 0 Å². The molecule has 0 radical (unpaired) electrons. The van der Waals surface area contributed by atoms with Crippen molar-refractivity contribution in [3.63, 3.8) is 0 Å². The van der Waals surface area contributed by atoms with Crippen LogP contribution in [0.25, 0.3) is 0 Å². The minimum absolute atomic E-state index is 0.117. The minimum Gasteiger partial charge on any atom is -0.378 e. The molecule has 1 unspecified atom stereocenters. The molecule has 1 aliphatic rings. The van der Waals surface area contributed by atoms with Crippen molar-refractivity contribution in [3.8, 4) is 0 Å². The lowest BCUT2D eigenvalue weighted by Gasteiger charge is -2.16. The van der Waals surface area contributed by atoms with Crippen molar-refractivity contribution in [2.75, 3.05) is 5.32 Å². The van der Waals surface area contributed by atoms with Gasteiger partial charge in [0.2, 0.25) is 5.91 Å². The fraction of sp³-hybridized carbons (Fsp3) is 0.235. The normalized spacial score (nSPS) is 16.5. The maximum Gasteiger partial charge on any atom is 0.221 e. The van der Waals surface area contributed by atoms with E-state index in [1.54, 1.807) is 6.07 Å². The van der Waals surface area contributed by atoms with Gasteiger partial charge in [0.05, 0.1) is 12.5 Å². The van der Waals surface area contributed by atoms with Gasteiger partial charge in [-0.2, -0.15) is 0 Å². The molecular formula is C17H17FN2O. The molecule has 0 aromatic heterocycles. The Morgan fingerprint density at radius 1 is 1.24 bits per heavy atom. The van der Waals surface area contributed by atoms with Gasteiger partial charge in [0.1, 0.15) is 5.82 Å². The number of fused-ring (bicyclic) bond motifs is 1. The summed E-state index contributed by atoms with van der Waals surface area (Å²) in [6.45, 7) is 0. The summed E-state index contributed by atoms with van der Waals surface area (Å²) in [5, 5.41) is 3.42. The second-order valence-corrected chi connectivity index (χ2v) is 5.38. The zero-order valence-corrected chi connectivity index (χ0v) is 11.6. The fourth-order valence-corrected chi connectivity index (χ4v) is 2.88. The maximum absolute atomic E-state index is 13.7. The molecule has 1 amide bonds. The third-order valence-corrected chi connectivity index (χ3v) is 3.89. The molecule has 1 atom stereocenters. The monoisotopic (exact) mass is 284 g/mol. The summed E-state index contributed by atoms with van der Waals surface area (Å²) in [6.07, 6.45) is 1.90. The number of halogens is 1. The number of hydrogen-bond acceptors (Lipinski definition) is 2. The van der Waals surface area contributed by atoms with Crippen molar-refractivity contribution >= 4 is 11.6 Å². The molecule has 108 valence electrons. The Morgan fingerprint density at radius 2 is 2.00 bits per heavy atom. The molecule has 0 spiro atoms. The molecule has 0 fully saturated rings. The Morgan fingerprint density at radius 3 is 2.71 bits per heavy atom. The zero-order chi connectivity index (χ0) is 14.8. The van der Waals surface area contributed by atoms with Crippen LogP contribution in [0.3, 0.4) is 0 Å². The number of amides is 1. The topological polar surface area (TPSA) is 55.1 Å². The van der Waals surface area contributed by atoms with Crippen LogP contribution in [0.4, 0.5) is 10.1 Å². The average molecular weight is 284 g/mol. The number of hydrogen-bond donors (Lipinski definition) is 2. The summed E-state index contributed by atoms with van der Waals surface area (Å²) >= 11 is 0. The van der Waals surface area contributed by atoms with Crippen molar-refractivity contribution in [1.29, 1.82) is 0 Å². The molecule has 0 saturated heterocycles. The summed E-state index contributed by atoms with van der Waals surface area (Å²) in [6, 6.07) is 13.0. The molecule has 0 aliphatic heterocycles. The van der Waals surface area contributed by atoms with Gasteiger partial charge in [-0.3, -0.25) is 4.79 Å². The van der Waals surface area contributed by atoms with E-state index in [9.17, 15) is 9.18 Å². The first-order valence-corrected chi connectivity index (χ1v) is 7.04. The van der Waals surface area contributed by atoms with Crippen LogP contribution in [0, 0.1) is 5.82 Å². The lowest BCUT2D eigenvalue weighted by Crippen LogP contribution is -2.13. The first-order valence-electron chi connectivity index (χ1n) is 7.04. The number of nitrogens with one attached hydrogen (secondary N) is 1. The van der Waals surface area contributed by atoms with E-state index in [0.717, 1.165) is 35.2 Å². The van der Waals surface area contributed by atoms with Crippen LogP contribution in [0.1, 0.15) is 29.2 Å². The number of anilines is 1. The van der Waals surface area contributed by atoms with Gasteiger partial charge in [-0.05, 0) is 47.7 Å². The summed E-state index contributed by atoms with van der Waals surface area (Å²) in [5.74, 6) is -0.454. The number of rotatable bonds is 4. The molecule has 1 aliphatic carbocycles. The molecule has 21 heavy (non-hydrogen) atoms. The Bertz CT molecular complexity index is 667. The second-order valence-electron chi connectivity index (χ2n) is 5.38. The second kappa shape index (κ2) is 5.56. The summed E-state index contributed by atoms with van der Waals surface area (Å²) in [5.41, 5.74) is 8.89. The molecule has 0 bridgehead atoms. The molecule has 3 N–H and O–H groups in total. The first kappa shape index (κ1) is 13.6. The molecular weight excluding hydrogens is 267 g/mol. The van der Waals surface area contributed by atoms with E-state index in [4.69, 9.17) is 5.73 Å². The van der Waals surface area contributed by atoms with E-state index in [1.165, 1.54) is 6.07 Å².